The third-order valence-corrected chi connectivity index (χ3v) is 5.46. The summed E-state index contributed by atoms with van der Waals surface area (Å²) < 4.78 is 22.4. The molecule has 3 aromatic rings. The number of ether oxygens (including phenoxy) is 3. The number of urea groups is 1. The van der Waals surface area contributed by atoms with E-state index in [1.165, 1.54) is 0 Å². The Morgan fingerprint density at radius 1 is 1.06 bits per heavy atom. The number of amides is 2. The van der Waals surface area contributed by atoms with Crippen LogP contribution in [0.4, 0.5) is 16.4 Å². The van der Waals surface area contributed by atoms with E-state index in [0.29, 0.717) is 36.3 Å². The molecule has 2 aliphatic rings. The fraction of sp³-hybridized carbons (Fsp3) is 0.318. The van der Waals surface area contributed by atoms with Crippen LogP contribution in [0.3, 0.4) is 0 Å². The zero-order valence-electron chi connectivity index (χ0n) is 17.4. The molecule has 10 heteroatoms. The Labute approximate surface area is 184 Å². The smallest absolute Gasteiger partial charge is 0.319 e. The molecular weight excluding hydrogens is 414 g/mol. The Hall–Kier alpha value is -3.63. The molecule has 0 aliphatic carbocycles. The van der Waals surface area contributed by atoms with Gasteiger partial charge in [-0.3, -0.25) is 0 Å². The second-order valence-corrected chi connectivity index (χ2v) is 7.52. The number of rotatable bonds is 6. The van der Waals surface area contributed by atoms with Gasteiger partial charge in [0.15, 0.2) is 5.76 Å². The Morgan fingerprint density at radius 3 is 2.59 bits per heavy atom. The Morgan fingerprint density at radius 2 is 1.84 bits per heavy atom. The molecule has 1 aromatic carbocycles. The van der Waals surface area contributed by atoms with Gasteiger partial charge in [0.05, 0.1) is 38.7 Å². The standard InChI is InChI=1S/C22H23N5O5/c1-29-14-6-4-13(5-7-14)24-22(28)27-17-12-32-19-16(11-31-20(17)19)26-21-23-9-8-15(25-21)18-3-2-10-30-18/h2-10,16-17,19-20H,11-12H2,1H3,(H,23,25,26)(H2,24,27,28)/t16-,17+,19-,20+/m0/s1. The maximum absolute atomic E-state index is 12.4. The molecule has 0 bridgehead atoms. The van der Waals surface area contributed by atoms with Gasteiger partial charge in [0, 0.05) is 11.9 Å². The molecule has 3 N–H and O–H groups in total. The van der Waals surface area contributed by atoms with Gasteiger partial charge in [-0.1, -0.05) is 0 Å². The summed E-state index contributed by atoms with van der Waals surface area (Å²) in [6.45, 7) is 0.777. The lowest BCUT2D eigenvalue weighted by Gasteiger charge is -2.18. The van der Waals surface area contributed by atoms with Gasteiger partial charge in [-0.25, -0.2) is 14.8 Å². The van der Waals surface area contributed by atoms with Crippen molar-refractivity contribution in [3.8, 4) is 17.2 Å². The second kappa shape index (κ2) is 8.85. The van der Waals surface area contributed by atoms with Crippen molar-refractivity contribution in [3.05, 3.63) is 54.9 Å². The summed E-state index contributed by atoms with van der Waals surface area (Å²) in [5, 5.41) is 9.03. The molecule has 5 rings (SSSR count). The van der Waals surface area contributed by atoms with E-state index in [1.807, 2.05) is 12.1 Å². The molecule has 2 aliphatic heterocycles. The minimum absolute atomic E-state index is 0.136. The van der Waals surface area contributed by atoms with Gasteiger partial charge < -0.3 is 34.6 Å². The van der Waals surface area contributed by atoms with Crippen molar-refractivity contribution in [2.24, 2.45) is 0 Å². The number of benzene rings is 1. The highest BCUT2D eigenvalue weighted by molar-refractivity contribution is 5.89. The van der Waals surface area contributed by atoms with Crippen LogP contribution in [0.15, 0.2) is 59.3 Å². The summed E-state index contributed by atoms with van der Waals surface area (Å²) in [7, 11) is 1.59. The Balaban J connectivity index is 1.17. The lowest BCUT2D eigenvalue weighted by molar-refractivity contribution is 0.0683. The molecule has 0 saturated carbocycles. The van der Waals surface area contributed by atoms with E-state index < -0.39 is 0 Å². The van der Waals surface area contributed by atoms with E-state index in [4.69, 9.17) is 18.6 Å². The minimum Gasteiger partial charge on any atom is -0.497 e. The average Bonchev–Trinajstić information content (AvgIpc) is 3.55. The molecule has 0 radical (unpaired) electrons. The van der Waals surface area contributed by atoms with Crippen LogP contribution in [-0.2, 0) is 9.47 Å². The van der Waals surface area contributed by atoms with Gasteiger partial charge in [0.2, 0.25) is 5.95 Å². The third-order valence-electron chi connectivity index (χ3n) is 5.46. The number of anilines is 2. The van der Waals surface area contributed by atoms with Gasteiger partial charge in [-0.15, -0.1) is 0 Å². The number of hydrogen-bond donors (Lipinski definition) is 3. The number of aromatic nitrogens is 2. The lowest BCUT2D eigenvalue weighted by Crippen LogP contribution is -2.46. The van der Waals surface area contributed by atoms with E-state index in [1.54, 1.807) is 49.9 Å². The van der Waals surface area contributed by atoms with Crippen molar-refractivity contribution in [1.82, 2.24) is 15.3 Å². The summed E-state index contributed by atoms with van der Waals surface area (Å²) >= 11 is 0. The SMILES string of the molecule is COc1ccc(NC(=O)N[C@@H]2CO[C@@H]3[C@@H]2OC[C@@H]3Nc2nccc(-c3ccco3)n2)cc1. The zero-order valence-corrected chi connectivity index (χ0v) is 17.4. The van der Waals surface area contributed by atoms with E-state index in [9.17, 15) is 4.79 Å². The number of methoxy groups -OCH3 is 1. The zero-order chi connectivity index (χ0) is 21.9. The quantitative estimate of drug-likeness (QED) is 0.538. The summed E-state index contributed by atoms with van der Waals surface area (Å²) in [4.78, 5) is 21.2. The molecule has 2 aromatic heterocycles. The minimum atomic E-state index is -0.320. The first-order valence-electron chi connectivity index (χ1n) is 10.3. The van der Waals surface area contributed by atoms with Crippen molar-refractivity contribution in [2.45, 2.75) is 24.3 Å². The normalized spacial score (nSPS) is 24.0. The largest absolute Gasteiger partial charge is 0.497 e. The number of furan rings is 1. The molecule has 10 nitrogen and oxygen atoms in total. The maximum atomic E-state index is 12.4. The van der Waals surface area contributed by atoms with Crippen LogP contribution in [0.25, 0.3) is 11.5 Å². The summed E-state index contributed by atoms with van der Waals surface area (Å²) in [6.07, 6.45) is 2.79. The predicted molar refractivity (Wildman–Crippen MR) is 116 cm³/mol. The first kappa shape index (κ1) is 20.3. The predicted octanol–water partition coefficient (Wildman–Crippen LogP) is 2.51. The van der Waals surface area contributed by atoms with E-state index in [2.05, 4.69) is 25.9 Å². The molecule has 166 valence electrons. The fourth-order valence-corrected chi connectivity index (χ4v) is 3.91. The second-order valence-electron chi connectivity index (χ2n) is 7.52. The number of nitrogens with one attached hydrogen (secondary N) is 3. The number of fused-ring (bicyclic) bond motifs is 1. The molecule has 0 unspecified atom stereocenters. The molecule has 4 heterocycles. The Kier molecular flexibility index (Phi) is 5.61. The molecular formula is C22H23N5O5. The average molecular weight is 437 g/mol. The van der Waals surface area contributed by atoms with Crippen LogP contribution >= 0.6 is 0 Å². The van der Waals surface area contributed by atoms with Crippen molar-refractivity contribution < 1.29 is 23.4 Å². The van der Waals surface area contributed by atoms with E-state index in [-0.39, 0.29) is 30.3 Å². The van der Waals surface area contributed by atoms with Crippen LogP contribution in [0.1, 0.15) is 0 Å². The number of carbonyl (C=O) groups excluding carboxylic acids is 1. The van der Waals surface area contributed by atoms with Crippen LogP contribution in [0, 0.1) is 0 Å². The molecule has 2 amide bonds. The van der Waals surface area contributed by atoms with E-state index >= 15 is 0 Å². The summed E-state index contributed by atoms with van der Waals surface area (Å²) in [5.41, 5.74) is 1.35. The maximum Gasteiger partial charge on any atom is 0.319 e. The monoisotopic (exact) mass is 437 g/mol. The summed E-state index contributed by atoms with van der Waals surface area (Å²) in [5.74, 6) is 1.85. The van der Waals surface area contributed by atoms with Gasteiger partial charge in [0.1, 0.15) is 23.7 Å². The highest BCUT2D eigenvalue weighted by atomic mass is 16.6. The van der Waals surface area contributed by atoms with Gasteiger partial charge in [-0.2, -0.15) is 0 Å². The third kappa shape index (κ3) is 4.23. The van der Waals surface area contributed by atoms with Crippen LogP contribution in [0.2, 0.25) is 0 Å². The van der Waals surface area contributed by atoms with Crippen molar-refractivity contribution in [2.75, 3.05) is 31.0 Å². The van der Waals surface area contributed by atoms with Crippen molar-refractivity contribution in [1.29, 1.82) is 0 Å². The number of hydrogen-bond acceptors (Lipinski definition) is 8. The molecule has 32 heavy (non-hydrogen) atoms. The Bertz CT molecular complexity index is 1060. The van der Waals surface area contributed by atoms with Gasteiger partial charge >= 0.3 is 6.03 Å². The van der Waals surface area contributed by atoms with Crippen molar-refractivity contribution >= 4 is 17.7 Å². The first-order chi connectivity index (χ1) is 15.7. The van der Waals surface area contributed by atoms with Crippen LogP contribution < -0.4 is 20.7 Å². The van der Waals surface area contributed by atoms with Crippen LogP contribution in [-0.4, -0.2) is 60.6 Å². The van der Waals surface area contributed by atoms with Crippen LogP contribution in [0.5, 0.6) is 5.75 Å². The van der Waals surface area contributed by atoms with Gasteiger partial charge in [-0.05, 0) is 42.5 Å². The molecule has 0 spiro atoms. The molecule has 4 atom stereocenters. The van der Waals surface area contributed by atoms with E-state index in [0.717, 1.165) is 5.75 Å². The summed E-state index contributed by atoms with van der Waals surface area (Å²) in [6, 6.07) is 11.8. The lowest BCUT2D eigenvalue weighted by atomic mass is 10.1. The van der Waals surface area contributed by atoms with Gasteiger partial charge in [0.25, 0.3) is 0 Å². The number of nitrogens with zero attached hydrogens (tertiary/aromatic N) is 2. The highest BCUT2D eigenvalue weighted by Crippen LogP contribution is 2.29. The first-order valence-corrected chi connectivity index (χ1v) is 10.3. The van der Waals surface area contributed by atoms with Crippen molar-refractivity contribution in [3.63, 3.8) is 0 Å². The molecule has 2 saturated heterocycles. The fourth-order valence-electron chi connectivity index (χ4n) is 3.91. The highest BCUT2D eigenvalue weighted by Gasteiger charge is 2.48. The molecule has 2 fully saturated rings. The topological polar surface area (TPSA) is 120 Å². The number of carbonyl (C=O) groups is 1.